The van der Waals surface area contributed by atoms with Gasteiger partial charge in [0.2, 0.25) is 0 Å². The van der Waals surface area contributed by atoms with Crippen molar-refractivity contribution < 1.29 is 0 Å². The average Bonchev–Trinajstić information content (AvgIpc) is 2.93. The first kappa shape index (κ1) is 23.1. The molecule has 2 nitrogen and oxygen atoms in total. The first-order valence-corrected chi connectivity index (χ1v) is 14.1. The lowest BCUT2D eigenvalue weighted by Gasteiger charge is -2.21. The van der Waals surface area contributed by atoms with Crippen molar-refractivity contribution in [3.8, 4) is 0 Å². The Hall–Kier alpha value is -3.66. The Morgan fingerprint density at radius 1 is 0.375 bits per heavy atom. The zero-order valence-corrected chi connectivity index (χ0v) is 23.3. The van der Waals surface area contributed by atoms with E-state index in [-0.39, 0.29) is 10.9 Å². The van der Waals surface area contributed by atoms with Crippen LogP contribution < -0.4 is 10.9 Å². The highest BCUT2D eigenvalue weighted by Gasteiger charge is 2.25. The van der Waals surface area contributed by atoms with E-state index in [1.807, 2.05) is 54.6 Å². The normalized spacial score (nSPS) is 12.7. The van der Waals surface area contributed by atoms with Gasteiger partial charge in [-0.3, -0.25) is 9.59 Å². The van der Waals surface area contributed by atoms with Crippen LogP contribution in [0.2, 0.25) is 20.1 Å². The molecule has 0 aromatic heterocycles. The molecule has 0 fully saturated rings. The fourth-order valence-corrected chi connectivity index (χ4v) is 7.91. The van der Waals surface area contributed by atoms with Crippen LogP contribution in [0.5, 0.6) is 0 Å². The van der Waals surface area contributed by atoms with Crippen LogP contribution in [-0.2, 0) is 0 Å². The Morgan fingerprint density at radius 2 is 0.925 bits per heavy atom. The highest BCUT2D eigenvalue weighted by atomic mass is 35.5. The molecule has 188 valence electrons. The molecule has 0 radical (unpaired) electrons. The summed E-state index contributed by atoms with van der Waals surface area (Å²) in [6.45, 7) is 0. The number of rotatable bonds is 0. The van der Waals surface area contributed by atoms with Crippen LogP contribution in [0.4, 0.5) is 0 Å². The number of hydrogen-bond donors (Lipinski definition) is 0. The van der Waals surface area contributed by atoms with Gasteiger partial charge in [-0.25, -0.2) is 0 Å². The van der Waals surface area contributed by atoms with E-state index in [0.717, 1.165) is 70.0 Å². The van der Waals surface area contributed by atoms with Crippen molar-refractivity contribution in [1.29, 1.82) is 0 Å². The van der Waals surface area contributed by atoms with Gasteiger partial charge in [0, 0.05) is 68.6 Å². The summed E-state index contributed by atoms with van der Waals surface area (Å²) in [5, 5.41) is 14.8. The highest BCUT2D eigenvalue weighted by Crippen LogP contribution is 2.50. The largest absolute Gasteiger partial charge is 0.289 e. The maximum absolute atomic E-state index is 13.7. The van der Waals surface area contributed by atoms with Crippen LogP contribution in [0.15, 0.2) is 82.4 Å². The van der Waals surface area contributed by atoms with Gasteiger partial charge >= 0.3 is 0 Å². The van der Waals surface area contributed by atoms with E-state index in [1.54, 1.807) is 18.2 Å². The van der Waals surface area contributed by atoms with Crippen LogP contribution in [0.25, 0.3) is 86.2 Å². The van der Waals surface area contributed by atoms with Crippen molar-refractivity contribution in [2.24, 2.45) is 0 Å². The second kappa shape index (κ2) is 7.54. The predicted octanol–water partition coefficient (Wildman–Crippen LogP) is 10.6. The first-order chi connectivity index (χ1) is 19.3. The topological polar surface area (TPSA) is 34.1 Å². The van der Waals surface area contributed by atoms with Crippen molar-refractivity contribution in [1.82, 2.24) is 0 Å². The smallest absolute Gasteiger partial charge is 0.194 e. The monoisotopic (exact) mass is 592 g/mol. The van der Waals surface area contributed by atoms with Gasteiger partial charge in [-0.05, 0) is 92.3 Å². The zero-order chi connectivity index (χ0) is 27.2. The average molecular weight is 594 g/mol. The van der Waals surface area contributed by atoms with Crippen molar-refractivity contribution in [2.75, 3.05) is 0 Å². The molecule has 0 bridgehead atoms. The standard InChI is InChI=1S/C34H12Cl4O2/c35-14-1-3-16-13(7-14)8-24-27(39)12-22-18-5-6-19-28-21(17-4-2-15(36)9-23(17)34(19)40)11-26(38)32(30(18)28)33-25(37)10-20(16)29(24)31(22)33/h1-12H. The molecule has 0 aliphatic heterocycles. The van der Waals surface area contributed by atoms with E-state index >= 15 is 0 Å². The van der Waals surface area contributed by atoms with E-state index < -0.39 is 0 Å². The predicted molar refractivity (Wildman–Crippen MR) is 173 cm³/mol. The van der Waals surface area contributed by atoms with Crippen LogP contribution in [0.1, 0.15) is 0 Å². The Morgan fingerprint density at radius 3 is 1.68 bits per heavy atom. The summed E-state index contributed by atoms with van der Waals surface area (Å²) in [7, 11) is 0. The molecule has 9 rings (SSSR count). The van der Waals surface area contributed by atoms with Crippen LogP contribution in [0.3, 0.4) is 0 Å². The van der Waals surface area contributed by atoms with Gasteiger partial charge in [0.15, 0.2) is 10.9 Å². The third kappa shape index (κ3) is 2.68. The summed E-state index contributed by atoms with van der Waals surface area (Å²) in [6, 6.07) is 22.2. The SMILES string of the molecule is O=c1cc2c3ccc4c(=O)c5cc(Cl)ccc5c5cc(Cl)c(c6c(Cl)cc7c8ccc(Cl)cc8cc1c7c26)c3c45. The van der Waals surface area contributed by atoms with E-state index in [9.17, 15) is 9.59 Å². The first-order valence-electron chi connectivity index (χ1n) is 12.6. The lowest BCUT2D eigenvalue weighted by atomic mass is 9.83. The van der Waals surface area contributed by atoms with Gasteiger partial charge in [0.1, 0.15) is 0 Å². The molecule has 0 amide bonds. The lowest BCUT2D eigenvalue weighted by Crippen LogP contribution is -2.05. The van der Waals surface area contributed by atoms with Crippen LogP contribution >= 0.6 is 46.4 Å². The fourth-order valence-electron chi connectivity index (χ4n) is 6.96. The number of fused-ring (bicyclic) bond motifs is 6. The van der Waals surface area contributed by atoms with Gasteiger partial charge in [-0.2, -0.15) is 0 Å². The maximum atomic E-state index is 13.7. The molecule has 0 spiro atoms. The summed E-state index contributed by atoms with van der Waals surface area (Å²) in [4.78, 5) is 27.4. The van der Waals surface area contributed by atoms with E-state index in [0.29, 0.717) is 36.2 Å². The fraction of sp³-hybridized carbons (Fsp3) is 0. The Labute approximate surface area is 244 Å². The molecular weight excluding hydrogens is 582 g/mol. The van der Waals surface area contributed by atoms with Crippen LogP contribution in [-0.4, -0.2) is 0 Å². The van der Waals surface area contributed by atoms with E-state index in [2.05, 4.69) is 0 Å². The molecule has 6 heteroatoms. The molecule has 0 aliphatic rings. The van der Waals surface area contributed by atoms with Crippen molar-refractivity contribution >= 4 is 133 Å². The third-order valence-corrected chi connectivity index (χ3v) is 9.56. The molecule has 40 heavy (non-hydrogen) atoms. The van der Waals surface area contributed by atoms with Gasteiger partial charge in [0.05, 0.1) is 0 Å². The van der Waals surface area contributed by atoms with Gasteiger partial charge in [0.25, 0.3) is 0 Å². The van der Waals surface area contributed by atoms with E-state index in [1.165, 1.54) is 0 Å². The Bertz CT molecular complexity index is 2720. The maximum Gasteiger partial charge on any atom is 0.194 e. The summed E-state index contributed by atoms with van der Waals surface area (Å²) >= 11 is 26.8. The van der Waals surface area contributed by atoms with Crippen molar-refractivity contribution in [3.63, 3.8) is 0 Å². The molecule has 0 saturated heterocycles. The number of halogens is 4. The van der Waals surface area contributed by atoms with Gasteiger partial charge < -0.3 is 0 Å². The Balaban J connectivity index is 1.65. The second-order valence-electron chi connectivity index (χ2n) is 10.5. The molecule has 0 heterocycles. The quantitative estimate of drug-likeness (QED) is 0.129. The third-order valence-electron chi connectivity index (χ3n) is 8.50. The molecule has 9 aromatic carbocycles. The summed E-state index contributed by atoms with van der Waals surface area (Å²) < 4.78 is 0. The summed E-state index contributed by atoms with van der Waals surface area (Å²) in [5.41, 5.74) is -0.185. The Kier molecular flexibility index (Phi) is 4.35. The minimum Gasteiger partial charge on any atom is -0.289 e. The molecule has 0 atom stereocenters. The minimum absolute atomic E-state index is 0.0891. The summed E-state index contributed by atoms with van der Waals surface area (Å²) in [6.07, 6.45) is 0. The zero-order valence-electron chi connectivity index (χ0n) is 20.3. The molecule has 0 N–H and O–H groups in total. The molecular formula is C34H12Cl4O2. The van der Waals surface area contributed by atoms with Crippen molar-refractivity contribution in [3.05, 3.63) is 113 Å². The van der Waals surface area contributed by atoms with Gasteiger partial charge in [-0.1, -0.05) is 64.6 Å². The second-order valence-corrected chi connectivity index (χ2v) is 12.1. The van der Waals surface area contributed by atoms with Crippen molar-refractivity contribution in [2.45, 2.75) is 0 Å². The van der Waals surface area contributed by atoms with Crippen LogP contribution in [0, 0.1) is 0 Å². The van der Waals surface area contributed by atoms with E-state index in [4.69, 9.17) is 46.4 Å². The minimum atomic E-state index is -0.0960. The molecule has 9 aromatic rings. The number of benzene rings is 9. The molecule has 0 aliphatic carbocycles. The molecule has 0 saturated carbocycles. The lowest BCUT2D eigenvalue weighted by molar-refractivity contribution is 1.72. The highest BCUT2D eigenvalue weighted by molar-refractivity contribution is 6.52. The van der Waals surface area contributed by atoms with Gasteiger partial charge in [-0.15, -0.1) is 0 Å². The number of hydrogen-bond acceptors (Lipinski definition) is 2. The molecule has 0 unspecified atom stereocenters. The summed E-state index contributed by atoms with van der Waals surface area (Å²) in [5.74, 6) is 0.